The number of hydrogen-bond donors (Lipinski definition) is 0. The van der Waals surface area contributed by atoms with Crippen molar-refractivity contribution in [1.29, 1.82) is 0 Å². The normalized spacial score (nSPS) is 12.0. The Morgan fingerprint density at radius 2 is 1.80 bits per heavy atom. The van der Waals surface area contributed by atoms with Gasteiger partial charge in [-0.2, -0.15) is 0 Å². The Morgan fingerprint density at radius 3 is 2.20 bits per heavy atom. The third-order valence-corrected chi connectivity index (χ3v) is 1.73. The molecule has 0 atom stereocenters. The topological polar surface area (TPSA) is 35.5 Å². The van der Waals surface area contributed by atoms with Gasteiger partial charge in [-0.3, -0.25) is 0 Å². The van der Waals surface area contributed by atoms with Crippen LogP contribution in [0.4, 0.5) is 0 Å². The maximum atomic E-state index is 10.9. The average Bonchev–Trinajstić information content (AvgIpc) is 2.00. The van der Waals surface area contributed by atoms with E-state index in [1.165, 1.54) is 0 Å². The molecule has 0 N–H and O–H groups in total. The van der Waals surface area contributed by atoms with E-state index in [0.717, 1.165) is 0 Å². The summed E-state index contributed by atoms with van der Waals surface area (Å²) in [7, 11) is 0. The standard InChI is InChI=1S/C12H20O3/c1-7-10(13)15-12(5,6)8-9-14-11(2,3)4/h1H,8-9H2,2-6H3. The lowest BCUT2D eigenvalue weighted by Gasteiger charge is -2.26. The average molecular weight is 212 g/mol. The summed E-state index contributed by atoms with van der Waals surface area (Å²) >= 11 is 0. The second kappa shape index (κ2) is 5.18. The number of terminal acetylenes is 1. The van der Waals surface area contributed by atoms with Gasteiger partial charge >= 0.3 is 5.97 Å². The first-order valence-corrected chi connectivity index (χ1v) is 5.00. The van der Waals surface area contributed by atoms with Crippen molar-refractivity contribution < 1.29 is 14.3 Å². The van der Waals surface area contributed by atoms with Crippen molar-refractivity contribution in [3.63, 3.8) is 0 Å². The Balaban J connectivity index is 3.95. The molecule has 0 aromatic rings. The molecule has 86 valence electrons. The molecular weight excluding hydrogens is 192 g/mol. The molecule has 0 rings (SSSR count). The molecule has 0 aliphatic rings. The van der Waals surface area contributed by atoms with Gasteiger partial charge in [-0.25, -0.2) is 4.79 Å². The van der Waals surface area contributed by atoms with Crippen molar-refractivity contribution in [3.8, 4) is 12.3 Å². The first-order valence-electron chi connectivity index (χ1n) is 5.00. The Bertz CT molecular complexity index is 253. The first kappa shape index (κ1) is 14.0. The van der Waals surface area contributed by atoms with Crippen LogP contribution in [-0.2, 0) is 14.3 Å². The van der Waals surface area contributed by atoms with Crippen LogP contribution in [0.5, 0.6) is 0 Å². The summed E-state index contributed by atoms with van der Waals surface area (Å²) in [6, 6.07) is 0. The van der Waals surface area contributed by atoms with Crippen molar-refractivity contribution >= 4 is 5.97 Å². The van der Waals surface area contributed by atoms with E-state index in [0.29, 0.717) is 13.0 Å². The second-order valence-electron chi connectivity index (χ2n) is 5.00. The number of ether oxygens (including phenoxy) is 2. The van der Waals surface area contributed by atoms with Crippen molar-refractivity contribution in [2.45, 2.75) is 52.2 Å². The molecule has 0 bridgehead atoms. The highest BCUT2D eigenvalue weighted by Gasteiger charge is 2.23. The maximum absolute atomic E-state index is 10.9. The number of carbonyl (C=O) groups is 1. The molecule has 0 aliphatic heterocycles. The Hall–Kier alpha value is -1.01. The van der Waals surface area contributed by atoms with Crippen LogP contribution in [0.15, 0.2) is 0 Å². The van der Waals surface area contributed by atoms with Crippen molar-refractivity contribution in [3.05, 3.63) is 0 Å². The highest BCUT2D eigenvalue weighted by atomic mass is 16.6. The highest BCUT2D eigenvalue weighted by Crippen LogP contribution is 2.17. The predicted octanol–water partition coefficient (Wildman–Crippen LogP) is 2.15. The van der Waals surface area contributed by atoms with Crippen LogP contribution < -0.4 is 0 Å². The van der Waals surface area contributed by atoms with Gasteiger partial charge in [-0.1, -0.05) is 0 Å². The Labute approximate surface area is 92.1 Å². The molecule has 0 aromatic carbocycles. The summed E-state index contributed by atoms with van der Waals surface area (Å²) in [5.41, 5.74) is -0.749. The van der Waals surface area contributed by atoms with Crippen LogP contribution in [0, 0.1) is 12.3 Å². The van der Waals surface area contributed by atoms with Crippen LogP contribution in [0.3, 0.4) is 0 Å². The fourth-order valence-electron chi connectivity index (χ4n) is 0.934. The van der Waals surface area contributed by atoms with Gasteiger partial charge in [0.1, 0.15) is 5.60 Å². The minimum atomic E-state index is -0.629. The lowest BCUT2D eigenvalue weighted by atomic mass is 10.1. The van der Waals surface area contributed by atoms with Crippen molar-refractivity contribution in [2.24, 2.45) is 0 Å². The lowest BCUT2D eigenvalue weighted by Crippen LogP contribution is -2.31. The minimum Gasteiger partial charge on any atom is -0.450 e. The summed E-state index contributed by atoms with van der Waals surface area (Å²) in [5.74, 6) is 1.30. The SMILES string of the molecule is C#CC(=O)OC(C)(C)CCOC(C)(C)C. The van der Waals surface area contributed by atoms with Crippen LogP contribution in [-0.4, -0.2) is 23.8 Å². The largest absolute Gasteiger partial charge is 0.450 e. The monoisotopic (exact) mass is 212 g/mol. The molecule has 0 heterocycles. The van der Waals surface area contributed by atoms with E-state index in [-0.39, 0.29) is 5.60 Å². The molecule has 0 aromatic heterocycles. The molecule has 0 fully saturated rings. The van der Waals surface area contributed by atoms with E-state index >= 15 is 0 Å². The van der Waals surface area contributed by atoms with Gasteiger partial charge in [-0.15, -0.1) is 6.42 Å². The van der Waals surface area contributed by atoms with Gasteiger partial charge < -0.3 is 9.47 Å². The van der Waals surface area contributed by atoms with E-state index in [9.17, 15) is 4.79 Å². The molecule has 3 nitrogen and oxygen atoms in total. The fraction of sp³-hybridized carbons (Fsp3) is 0.750. The summed E-state index contributed by atoms with van der Waals surface area (Å²) < 4.78 is 10.6. The van der Waals surface area contributed by atoms with Gasteiger partial charge in [0.15, 0.2) is 0 Å². The van der Waals surface area contributed by atoms with Crippen LogP contribution >= 0.6 is 0 Å². The van der Waals surface area contributed by atoms with Crippen molar-refractivity contribution in [1.82, 2.24) is 0 Å². The molecular formula is C12H20O3. The van der Waals surface area contributed by atoms with Crippen LogP contribution in [0.25, 0.3) is 0 Å². The number of rotatable bonds is 4. The number of esters is 1. The molecule has 3 heteroatoms. The van der Waals surface area contributed by atoms with E-state index in [4.69, 9.17) is 15.9 Å². The zero-order valence-corrected chi connectivity index (χ0v) is 10.2. The highest BCUT2D eigenvalue weighted by molar-refractivity contribution is 5.87. The predicted molar refractivity (Wildman–Crippen MR) is 59.3 cm³/mol. The maximum Gasteiger partial charge on any atom is 0.384 e. The third kappa shape index (κ3) is 8.02. The minimum absolute atomic E-state index is 0.174. The zero-order valence-electron chi connectivity index (χ0n) is 10.2. The van der Waals surface area contributed by atoms with Crippen molar-refractivity contribution in [2.75, 3.05) is 6.61 Å². The third-order valence-electron chi connectivity index (χ3n) is 1.73. The van der Waals surface area contributed by atoms with Gasteiger partial charge in [0.05, 0.1) is 12.2 Å². The van der Waals surface area contributed by atoms with E-state index in [1.54, 1.807) is 0 Å². The van der Waals surface area contributed by atoms with E-state index in [2.05, 4.69) is 0 Å². The molecule has 0 saturated carbocycles. The number of carbonyl (C=O) groups excluding carboxylic acids is 1. The van der Waals surface area contributed by atoms with Gasteiger partial charge in [0.2, 0.25) is 0 Å². The van der Waals surface area contributed by atoms with Gasteiger partial charge in [0.25, 0.3) is 0 Å². The first-order chi connectivity index (χ1) is 6.66. The van der Waals surface area contributed by atoms with E-state index < -0.39 is 11.6 Å². The quantitative estimate of drug-likeness (QED) is 0.407. The smallest absolute Gasteiger partial charge is 0.384 e. The van der Waals surface area contributed by atoms with Gasteiger partial charge in [-0.05, 0) is 34.6 Å². The summed E-state index contributed by atoms with van der Waals surface area (Å²) in [4.78, 5) is 10.9. The Kier molecular flexibility index (Phi) is 4.83. The summed E-state index contributed by atoms with van der Waals surface area (Å²) in [6.07, 6.45) is 5.54. The zero-order chi connectivity index (χ0) is 12.1. The van der Waals surface area contributed by atoms with E-state index in [1.807, 2.05) is 40.5 Å². The van der Waals surface area contributed by atoms with Gasteiger partial charge in [0, 0.05) is 12.3 Å². The molecule has 0 radical (unpaired) electrons. The molecule has 15 heavy (non-hydrogen) atoms. The summed E-state index contributed by atoms with van der Waals surface area (Å²) in [5, 5.41) is 0. The molecule has 0 unspecified atom stereocenters. The molecule has 0 spiro atoms. The molecule has 0 aliphatic carbocycles. The number of hydrogen-bond acceptors (Lipinski definition) is 3. The lowest BCUT2D eigenvalue weighted by molar-refractivity contribution is -0.151. The molecule has 0 amide bonds. The summed E-state index contributed by atoms with van der Waals surface area (Å²) in [6.45, 7) is 10.1. The second-order valence-corrected chi connectivity index (χ2v) is 5.00. The Morgan fingerprint density at radius 1 is 1.27 bits per heavy atom. The van der Waals surface area contributed by atoms with Crippen LogP contribution in [0.1, 0.15) is 41.0 Å². The fourth-order valence-corrected chi connectivity index (χ4v) is 0.934. The molecule has 0 saturated heterocycles. The van der Waals surface area contributed by atoms with Crippen LogP contribution in [0.2, 0.25) is 0 Å².